The standard InChI is InChI=1S/C20H31N3O2/c1-21(2)9-5-10-22-11-13-23(14-12-22)20(24)18-8-15-25-19-7-4-3-6-17(19)16-18/h3-4,6-7,18H,5,8-16H2,1-2H3/t18-/m1/s1. The van der Waals surface area contributed by atoms with Gasteiger partial charge in [-0.2, -0.15) is 0 Å². The smallest absolute Gasteiger partial charge is 0.226 e. The highest BCUT2D eigenvalue weighted by Gasteiger charge is 2.29. The largest absolute Gasteiger partial charge is 0.493 e. The van der Waals surface area contributed by atoms with Crippen LogP contribution in [-0.4, -0.2) is 80.6 Å². The van der Waals surface area contributed by atoms with Crippen molar-refractivity contribution in [3.05, 3.63) is 29.8 Å². The van der Waals surface area contributed by atoms with Crippen LogP contribution in [0, 0.1) is 5.92 Å². The Hall–Kier alpha value is -1.59. The molecule has 0 N–H and O–H groups in total. The summed E-state index contributed by atoms with van der Waals surface area (Å²) in [7, 11) is 4.23. The lowest BCUT2D eigenvalue weighted by Crippen LogP contribution is -2.50. The number of ether oxygens (including phenoxy) is 1. The molecular formula is C20H31N3O2. The summed E-state index contributed by atoms with van der Waals surface area (Å²) in [4.78, 5) is 19.8. The number of carbonyl (C=O) groups excluding carboxylic acids is 1. The molecule has 5 nitrogen and oxygen atoms in total. The molecule has 1 amide bonds. The molecule has 2 heterocycles. The van der Waals surface area contributed by atoms with Crippen LogP contribution >= 0.6 is 0 Å². The topological polar surface area (TPSA) is 36.0 Å². The highest BCUT2D eigenvalue weighted by molar-refractivity contribution is 5.79. The van der Waals surface area contributed by atoms with Gasteiger partial charge in [-0.15, -0.1) is 0 Å². The average molecular weight is 345 g/mol. The fourth-order valence-electron chi connectivity index (χ4n) is 3.76. The first-order valence-electron chi connectivity index (χ1n) is 9.50. The third-order valence-electron chi connectivity index (χ3n) is 5.28. The molecule has 2 aliphatic heterocycles. The summed E-state index contributed by atoms with van der Waals surface area (Å²) >= 11 is 0. The fourth-order valence-corrected chi connectivity index (χ4v) is 3.76. The fraction of sp³-hybridized carbons (Fsp3) is 0.650. The summed E-state index contributed by atoms with van der Waals surface area (Å²) in [6.45, 7) is 6.61. The Bertz CT molecular complexity index is 568. The van der Waals surface area contributed by atoms with E-state index in [2.05, 4.69) is 34.9 Å². The maximum Gasteiger partial charge on any atom is 0.226 e. The molecule has 0 aliphatic carbocycles. The summed E-state index contributed by atoms with van der Waals surface area (Å²) in [5, 5.41) is 0. The lowest BCUT2D eigenvalue weighted by Gasteiger charge is -2.36. The number of benzene rings is 1. The van der Waals surface area contributed by atoms with E-state index >= 15 is 0 Å². The second-order valence-electron chi connectivity index (χ2n) is 7.47. The minimum Gasteiger partial charge on any atom is -0.493 e. The van der Waals surface area contributed by atoms with Crippen molar-refractivity contribution >= 4 is 5.91 Å². The zero-order chi connectivity index (χ0) is 17.6. The molecule has 5 heteroatoms. The zero-order valence-electron chi connectivity index (χ0n) is 15.6. The van der Waals surface area contributed by atoms with Crippen LogP contribution in [0.2, 0.25) is 0 Å². The molecule has 0 aromatic heterocycles. The molecule has 0 radical (unpaired) electrons. The van der Waals surface area contributed by atoms with Crippen LogP contribution in [0.15, 0.2) is 24.3 Å². The number of piperazine rings is 1. The summed E-state index contributed by atoms with van der Waals surface area (Å²) in [5.74, 6) is 1.32. The van der Waals surface area contributed by atoms with Crippen molar-refractivity contribution in [3.8, 4) is 5.75 Å². The van der Waals surface area contributed by atoms with Gasteiger partial charge in [-0.1, -0.05) is 18.2 Å². The molecule has 3 rings (SSSR count). The highest BCUT2D eigenvalue weighted by atomic mass is 16.5. The van der Waals surface area contributed by atoms with E-state index in [0.717, 1.165) is 57.9 Å². The van der Waals surface area contributed by atoms with E-state index in [-0.39, 0.29) is 5.92 Å². The van der Waals surface area contributed by atoms with Crippen LogP contribution in [0.5, 0.6) is 5.75 Å². The van der Waals surface area contributed by atoms with Crippen molar-refractivity contribution in [3.63, 3.8) is 0 Å². The minimum absolute atomic E-state index is 0.0592. The van der Waals surface area contributed by atoms with Gasteiger partial charge in [0, 0.05) is 32.1 Å². The first-order chi connectivity index (χ1) is 12.1. The molecule has 0 bridgehead atoms. The molecule has 2 aliphatic rings. The van der Waals surface area contributed by atoms with E-state index < -0.39 is 0 Å². The molecular weight excluding hydrogens is 314 g/mol. The molecule has 25 heavy (non-hydrogen) atoms. The van der Waals surface area contributed by atoms with E-state index in [0.29, 0.717) is 12.5 Å². The van der Waals surface area contributed by atoms with Crippen molar-refractivity contribution in [2.45, 2.75) is 19.3 Å². The van der Waals surface area contributed by atoms with Gasteiger partial charge in [-0.05, 0) is 58.1 Å². The van der Waals surface area contributed by atoms with Crippen molar-refractivity contribution in [2.24, 2.45) is 5.92 Å². The molecule has 0 saturated carbocycles. The third-order valence-corrected chi connectivity index (χ3v) is 5.28. The van der Waals surface area contributed by atoms with E-state index in [1.54, 1.807) is 0 Å². The summed E-state index contributed by atoms with van der Waals surface area (Å²) < 4.78 is 5.81. The van der Waals surface area contributed by atoms with Gasteiger partial charge in [0.2, 0.25) is 5.91 Å². The van der Waals surface area contributed by atoms with Crippen molar-refractivity contribution in [2.75, 3.05) is 60.0 Å². The Labute approximate surface area is 151 Å². The number of fused-ring (bicyclic) bond motifs is 1. The lowest BCUT2D eigenvalue weighted by atomic mass is 9.95. The number of hydrogen-bond donors (Lipinski definition) is 0. The first-order valence-corrected chi connectivity index (χ1v) is 9.50. The van der Waals surface area contributed by atoms with Crippen LogP contribution in [0.3, 0.4) is 0 Å². The molecule has 0 spiro atoms. The van der Waals surface area contributed by atoms with Crippen LogP contribution in [-0.2, 0) is 11.2 Å². The van der Waals surface area contributed by atoms with Gasteiger partial charge in [0.25, 0.3) is 0 Å². The van der Waals surface area contributed by atoms with Gasteiger partial charge in [0.1, 0.15) is 5.75 Å². The van der Waals surface area contributed by atoms with Gasteiger partial charge in [-0.25, -0.2) is 0 Å². The quantitative estimate of drug-likeness (QED) is 0.814. The maximum atomic E-state index is 13.0. The molecule has 1 saturated heterocycles. The Morgan fingerprint density at radius 2 is 1.96 bits per heavy atom. The first kappa shape index (κ1) is 18.2. The summed E-state index contributed by atoms with van der Waals surface area (Å²) in [6.07, 6.45) is 2.81. The van der Waals surface area contributed by atoms with Crippen LogP contribution in [0.4, 0.5) is 0 Å². The van der Waals surface area contributed by atoms with Crippen molar-refractivity contribution in [1.29, 1.82) is 0 Å². The number of amides is 1. The van der Waals surface area contributed by atoms with Gasteiger partial charge in [0.05, 0.1) is 6.61 Å². The monoisotopic (exact) mass is 345 g/mol. The predicted octanol–water partition coefficient (Wildman–Crippen LogP) is 1.72. The molecule has 138 valence electrons. The second kappa shape index (κ2) is 8.68. The number of carbonyl (C=O) groups is 1. The van der Waals surface area contributed by atoms with Gasteiger partial charge in [0.15, 0.2) is 0 Å². The number of hydrogen-bond acceptors (Lipinski definition) is 4. The maximum absolute atomic E-state index is 13.0. The number of nitrogens with zero attached hydrogens (tertiary/aromatic N) is 3. The lowest BCUT2D eigenvalue weighted by molar-refractivity contribution is -0.137. The van der Waals surface area contributed by atoms with Crippen LogP contribution in [0.1, 0.15) is 18.4 Å². The van der Waals surface area contributed by atoms with Crippen molar-refractivity contribution in [1.82, 2.24) is 14.7 Å². The number of para-hydroxylation sites is 1. The third kappa shape index (κ3) is 4.95. The Morgan fingerprint density at radius 1 is 1.20 bits per heavy atom. The zero-order valence-corrected chi connectivity index (χ0v) is 15.6. The van der Waals surface area contributed by atoms with E-state index in [1.165, 1.54) is 12.0 Å². The molecule has 1 fully saturated rings. The summed E-state index contributed by atoms with van der Waals surface area (Å²) in [6, 6.07) is 8.12. The SMILES string of the molecule is CN(C)CCCN1CCN(C(=O)[C@@H]2CCOc3ccccc3C2)CC1. The Morgan fingerprint density at radius 3 is 2.72 bits per heavy atom. The molecule has 1 aromatic carbocycles. The predicted molar refractivity (Wildman–Crippen MR) is 99.9 cm³/mol. The minimum atomic E-state index is 0.0592. The van der Waals surface area contributed by atoms with E-state index in [1.807, 2.05) is 18.2 Å². The van der Waals surface area contributed by atoms with E-state index in [9.17, 15) is 4.79 Å². The Kier molecular flexibility index (Phi) is 6.32. The average Bonchev–Trinajstić information content (AvgIpc) is 2.84. The Balaban J connectivity index is 1.49. The van der Waals surface area contributed by atoms with Crippen LogP contribution in [0.25, 0.3) is 0 Å². The van der Waals surface area contributed by atoms with E-state index in [4.69, 9.17) is 4.74 Å². The van der Waals surface area contributed by atoms with Gasteiger partial charge >= 0.3 is 0 Å². The van der Waals surface area contributed by atoms with Gasteiger partial charge < -0.3 is 14.5 Å². The number of rotatable bonds is 5. The highest BCUT2D eigenvalue weighted by Crippen LogP contribution is 2.27. The van der Waals surface area contributed by atoms with Crippen LogP contribution < -0.4 is 4.74 Å². The molecule has 0 unspecified atom stereocenters. The second-order valence-corrected chi connectivity index (χ2v) is 7.47. The summed E-state index contributed by atoms with van der Waals surface area (Å²) in [5.41, 5.74) is 1.17. The molecule has 1 atom stereocenters. The van der Waals surface area contributed by atoms with Gasteiger partial charge in [-0.3, -0.25) is 9.69 Å². The molecule has 1 aromatic rings. The van der Waals surface area contributed by atoms with Crippen molar-refractivity contribution < 1.29 is 9.53 Å². The normalized spacial score (nSPS) is 21.6.